The van der Waals surface area contributed by atoms with Crippen LogP contribution in [0.3, 0.4) is 0 Å². The van der Waals surface area contributed by atoms with Gasteiger partial charge in [0.25, 0.3) is 11.6 Å². The molecule has 0 radical (unpaired) electrons. The molecule has 0 aromatic heterocycles. The van der Waals surface area contributed by atoms with E-state index in [-0.39, 0.29) is 36.7 Å². The summed E-state index contributed by atoms with van der Waals surface area (Å²) in [6, 6.07) is 4.23. The molecule has 0 bridgehead atoms. The zero-order chi connectivity index (χ0) is 17.7. The number of ether oxygens (including phenoxy) is 1. The normalized spacial score (nSPS) is 17.5. The van der Waals surface area contributed by atoms with Crippen molar-refractivity contribution >= 4 is 29.3 Å². The maximum atomic E-state index is 12.8. The summed E-state index contributed by atoms with van der Waals surface area (Å²) in [5.74, 6) is -0.608. The third-order valence-electron chi connectivity index (χ3n) is 3.53. The zero-order valence-electron chi connectivity index (χ0n) is 13.1. The lowest BCUT2D eigenvalue weighted by Crippen LogP contribution is -2.46. The van der Waals surface area contributed by atoms with Crippen LogP contribution in [0.5, 0.6) is 0 Å². The predicted molar refractivity (Wildman–Crippen MR) is 87.4 cm³/mol. The molecule has 9 heteroatoms. The number of nitro groups is 1. The Kier molecular flexibility index (Phi) is 6.16. The third kappa shape index (κ3) is 4.45. The van der Waals surface area contributed by atoms with Crippen LogP contribution in [0.25, 0.3) is 0 Å². The molecule has 1 aromatic carbocycles. The van der Waals surface area contributed by atoms with E-state index in [2.05, 4.69) is 0 Å². The molecular weight excluding hydrogens is 336 g/mol. The van der Waals surface area contributed by atoms with Crippen molar-refractivity contribution in [1.29, 1.82) is 0 Å². The minimum atomic E-state index is -0.994. The number of hydrogen-bond donors (Lipinski definition) is 1. The highest BCUT2D eigenvalue weighted by Crippen LogP contribution is 2.28. The quantitative estimate of drug-likeness (QED) is 0.473. The van der Waals surface area contributed by atoms with Crippen molar-refractivity contribution < 1.29 is 24.4 Å². The summed E-state index contributed by atoms with van der Waals surface area (Å²) in [7, 11) is 0. The molecule has 1 fully saturated rings. The molecular formula is C15H18N2O6S. The van der Waals surface area contributed by atoms with Crippen molar-refractivity contribution in [3.63, 3.8) is 0 Å². The highest BCUT2D eigenvalue weighted by Gasteiger charge is 2.28. The van der Waals surface area contributed by atoms with E-state index in [1.54, 1.807) is 6.07 Å². The minimum absolute atomic E-state index is 0.144. The Bertz CT molecular complexity index is 651. The number of morpholine rings is 1. The van der Waals surface area contributed by atoms with Crippen molar-refractivity contribution in [2.24, 2.45) is 0 Å². The van der Waals surface area contributed by atoms with Crippen LogP contribution in [0.2, 0.25) is 0 Å². The van der Waals surface area contributed by atoms with Gasteiger partial charge in [0, 0.05) is 30.1 Å². The van der Waals surface area contributed by atoms with Gasteiger partial charge in [0.05, 0.1) is 29.6 Å². The zero-order valence-corrected chi connectivity index (χ0v) is 14.0. The van der Waals surface area contributed by atoms with Gasteiger partial charge in [-0.2, -0.15) is 0 Å². The standard InChI is InChI=1S/C15H18N2O6S/c1-2-24-13-4-3-10(17(21)22)7-12(13)15(20)16-5-6-23-11(9-16)8-14(18)19/h3-4,7,11H,2,5-6,8-9H2,1H3,(H,18,19). The van der Waals surface area contributed by atoms with E-state index in [0.29, 0.717) is 11.4 Å². The van der Waals surface area contributed by atoms with E-state index < -0.39 is 17.0 Å². The molecule has 1 saturated heterocycles. The molecule has 1 aromatic rings. The van der Waals surface area contributed by atoms with Gasteiger partial charge in [-0.3, -0.25) is 19.7 Å². The third-order valence-corrected chi connectivity index (χ3v) is 4.49. The maximum Gasteiger partial charge on any atom is 0.306 e. The van der Waals surface area contributed by atoms with Crippen LogP contribution in [0.1, 0.15) is 23.7 Å². The van der Waals surface area contributed by atoms with Crippen molar-refractivity contribution in [2.75, 3.05) is 25.4 Å². The van der Waals surface area contributed by atoms with E-state index >= 15 is 0 Å². The van der Waals surface area contributed by atoms with Crippen LogP contribution in [0, 0.1) is 10.1 Å². The molecule has 1 aliphatic rings. The number of carboxylic acid groups (broad SMARTS) is 1. The minimum Gasteiger partial charge on any atom is -0.481 e. The van der Waals surface area contributed by atoms with Crippen LogP contribution in [0.15, 0.2) is 23.1 Å². The highest BCUT2D eigenvalue weighted by molar-refractivity contribution is 7.99. The van der Waals surface area contributed by atoms with Crippen molar-refractivity contribution in [1.82, 2.24) is 4.90 Å². The number of carboxylic acids is 1. The summed E-state index contributed by atoms with van der Waals surface area (Å²) in [5.41, 5.74) is 0.126. The molecule has 1 aliphatic heterocycles. The molecule has 130 valence electrons. The summed E-state index contributed by atoms with van der Waals surface area (Å²) >= 11 is 1.43. The number of carbonyl (C=O) groups excluding carboxylic acids is 1. The van der Waals surface area contributed by atoms with Gasteiger partial charge in [0.2, 0.25) is 0 Å². The van der Waals surface area contributed by atoms with E-state index in [0.717, 1.165) is 5.75 Å². The highest BCUT2D eigenvalue weighted by atomic mass is 32.2. The van der Waals surface area contributed by atoms with Crippen molar-refractivity contribution in [2.45, 2.75) is 24.3 Å². The molecule has 8 nitrogen and oxygen atoms in total. The fourth-order valence-corrected chi connectivity index (χ4v) is 3.25. The van der Waals surface area contributed by atoms with Gasteiger partial charge in [0.1, 0.15) is 0 Å². The van der Waals surface area contributed by atoms with Gasteiger partial charge in [-0.1, -0.05) is 6.92 Å². The molecule has 1 heterocycles. The van der Waals surface area contributed by atoms with Gasteiger partial charge in [-0.05, 0) is 11.8 Å². The predicted octanol–water partition coefficient (Wildman–Crippen LogP) is 2.02. The van der Waals surface area contributed by atoms with Gasteiger partial charge in [-0.25, -0.2) is 0 Å². The Morgan fingerprint density at radius 3 is 2.88 bits per heavy atom. The molecule has 1 amide bonds. The number of amides is 1. The smallest absolute Gasteiger partial charge is 0.306 e. The summed E-state index contributed by atoms with van der Waals surface area (Å²) in [6.07, 6.45) is -0.754. The van der Waals surface area contributed by atoms with E-state index in [9.17, 15) is 19.7 Å². The molecule has 0 aliphatic carbocycles. The second-order valence-corrected chi connectivity index (χ2v) is 6.52. The Morgan fingerprint density at radius 1 is 1.50 bits per heavy atom. The van der Waals surface area contributed by atoms with E-state index in [1.165, 1.54) is 28.8 Å². The first-order valence-electron chi connectivity index (χ1n) is 7.46. The van der Waals surface area contributed by atoms with Gasteiger partial charge in [0.15, 0.2) is 0 Å². The fourth-order valence-electron chi connectivity index (χ4n) is 2.47. The van der Waals surface area contributed by atoms with E-state index in [4.69, 9.17) is 9.84 Å². The SMILES string of the molecule is CCSc1ccc([N+](=O)[O-])cc1C(=O)N1CCOC(CC(=O)O)C1. The molecule has 1 N–H and O–H groups in total. The molecule has 0 spiro atoms. The molecule has 1 atom stereocenters. The monoisotopic (exact) mass is 354 g/mol. The average Bonchev–Trinajstić information content (AvgIpc) is 2.54. The van der Waals surface area contributed by atoms with Crippen LogP contribution < -0.4 is 0 Å². The lowest BCUT2D eigenvalue weighted by molar-refractivity contribution is -0.384. The summed E-state index contributed by atoms with van der Waals surface area (Å²) in [6.45, 7) is 2.66. The van der Waals surface area contributed by atoms with Gasteiger partial charge >= 0.3 is 5.97 Å². The molecule has 2 rings (SSSR count). The van der Waals surface area contributed by atoms with Gasteiger partial charge < -0.3 is 14.7 Å². The number of thioether (sulfide) groups is 1. The number of carbonyl (C=O) groups is 2. The number of nitro benzene ring substituents is 1. The lowest BCUT2D eigenvalue weighted by Gasteiger charge is -2.32. The Hall–Kier alpha value is -2.13. The first-order valence-corrected chi connectivity index (χ1v) is 8.44. The molecule has 0 saturated carbocycles. The van der Waals surface area contributed by atoms with Crippen LogP contribution >= 0.6 is 11.8 Å². The van der Waals surface area contributed by atoms with Crippen LogP contribution in [0.4, 0.5) is 5.69 Å². The molecule has 24 heavy (non-hydrogen) atoms. The molecule has 1 unspecified atom stereocenters. The number of benzene rings is 1. The summed E-state index contributed by atoms with van der Waals surface area (Å²) in [4.78, 5) is 36.2. The lowest BCUT2D eigenvalue weighted by atomic mass is 10.1. The van der Waals surface area contributed by atoms with Gasteiger partial charge in [-0.15, -0.1) is 11.8 Å². The largest absolute Gasteiger partial charge is 0.481 e. The number of aliphatic carboxylic acids is 1. The van der Waals surface area contributed by atoms with Crippen molar-refractivity contribution in [3.05, 3.63) is 33.9 Å². The fraction of sp³-hybridized carbons (Fsp3) is 0.467. The second kappa shape index (κ2) is 8.11. The Labute approximate surface area is 142 Å². The first-order chi connectivity index (χ1) is 11.4. The number of hydrogen-bond acceptors (Lipinski definition) is 6. The number of non-ortho nitro benzene ring substituents is 1. The summed E-state index contributed by atoms with van der Waals surface area (Å²) < 4.78 is 5.36. The van der Waals surface area contributed by atoms with E-state index in [1.807, 2.05) is 6.92 Å². The summed E-state index contributed by atoms with van der Waals surface area (Å²) in [5, 5.41) is 19.8. The number of rotatable bonds is 6. The maximum absolute atomic E-state index is 12.8. The van der Waals surface area contributed by atoms with Crippen molar-refractivity contribution in [3.8, 4) is 0 Å². The first kappa shape index (κ1) is 18.2. The Balaban J connectivity index is 2.25. The van der Waals surface area contributed by atoms with Crippen LogP contribution in [-0.4, -0.2) is 58.4 Å². The Morgan fingerprint density at radius 2 is 2.25 bits per heavy atom. The number of nitrogens with zero attached hydrogens (tertiary/aromatic N) is 2. The van der Waals surface area contributed by atoms with Crippen LogP contribution in [-0.2, 0) is 9.53 Å². The average molecular weight is 354 g/mol. The topological polar surface area (TPSA) is 110 Å². The second-order valence-electron chi connectivity index (χ2n) is 5.21.